The van der Waals surface area contributed by atoms with Gasteiger partial charge in [0.15, 0.2) is 5.92 Å². The van der Waals surface area contributed by atoms with Crippen molar-refractivity contribution in [3.05, 3.63) is 40.4 Å². The van der Waals surface area contributed by atoms with Crippen LogP contribution in [0.1, 0.15) is 5.56 Å². The van der Waals surface area contributed by atoms with E-state index in [-0.39, 0.29) is 13.2 Å². The van der Waals surface area contributed by atoms with E-state index in [4.69, 9.17) is 22.8 Å². The highest BCUT2D eigenvalue weighted by atomic mass is 35.5. The fraction of sp³-hybridized carbons (Fsp3) is 0.294. The number of carbonyl (C=O) groups excluding carboxylic acids is 2. The van der Waals surface area contributed by atoms with Gasteiger partial charge in [0, 0.05) is 5.02 Å². The molecule has 0 amide bonds. The number of methoxy groups -OCH3 is 2. The molecule has 0 aliphatic heterocycles. The van der Waals surface area contributed by atoms with Crippen molar-refractivity contribution in [2.45, 2.75) is 0 Å². The molecule has 0 aliphatic rings. The highest BCUT2D eigenvalue weighted by Gasteiger charge is 2.32. The summed E-state index contributed by atoms with van der Waals surface area (Å²) in [4.78, 5) is 23.9. The highest BCUT2D eigenvalue weighted by molar-refractivity contribution is 6.30. The molecule has 0 fully saturated rings. The Bertz CT molecular complexity index is 597. The molecule has 0 aliphatic carbocycles. The minimum Gasteiger partial charge on any atom is -0.468 e. The van der Waals surface area contributed by atoms with E-state index in [0.717, 1.165) is 5.56 Å². The van der Waals surface area contributed by atoms with Gasteiger partial charge in [-0.25, -0.2) is 0 Å². The number of terminal acetylenes is 1. The summed E-state index contributed by atoms with van der Waals surface area (Å²) in [7, 11) is 2.39. The summed E-state index contributed by atoms with van der Waals surface area (Å²) in [5.41, 5.74) is 1.12. The molecule has 1 rings (SSSR count). The summed E-state index contributed by atoms with van der Waals surface area (Å²) in [6.07, 6.45) is 6.78. The lowest BCUT2D eigenvalue weighted by Crippen LogP contribution is -2.30. The zero-order valence-electron chi connectivity index (χ0n) is 12.9. The molecule has 1 aromatic rings. The van der Waals surface area contributed by atoms with E-state index >= 15 is 0 Å². The number of benzene rings is 1. The number of carbonyl (C=O) groups is 2. The minimum absolute atomic E-state index is 0.0122. The summed E-state index contributed by atoms with van der Waals surface area (Å²) in [5.74, 6) is -0.373. The number of rotatable bonds is 7. The number of halogens is 1. The van der Waals surface area contributed by atoms with Crippen molar-refractivity contribution < 1.29 is 23.8 Å². The van der Waals surface area contributed by atoms with Crippen LogP contribution in [0.2, 0.25) is 5.02 Å². The van der Waals surface area contributed by atoms with Crippen LogP contribution in [0.4, 0.5) is 0 Å². The van der Waals surface area contributed by atoms with Gasteiger partial charge >= 0.3 is 11.9 Å². The van der Waals surface area contributed by atoms with Crippen molar-refractivity contribution in [2.75, 3.05) is 27.4 Å². The second-order valence-corrected chi connectivity index (χ2v) is 4.88. The van der Waals surface area contributed by atoms with E-state index in [1.165, 1.54) is 14.2 Å². The van der Waals surface area contributed by atoms with Crippen LogP contribution in [0.5, 0.6) is 0 Å². The van der Waals surface area contributed by atoms with Crippen LogP contribution < -0.4 is 0 Å². The van der Waals surface area contributed by atoms with Crippen LogP contribution in [0.3, 0.4) is 0 Å². The molecule has 1 aromatic carbocycles. The quantitative estimate of drug-likeness (QED) is 0.331. The monoisotopic (exact) mass is 336 g/mol. The van der Waals surface area contributed by atoms with Crippen molar-refractivity contribution in [3.63, 3.8) is 0 Å². The van der Waals surface area contributed by atoms with Gasteiger partial charge in [0.2, 0.25) is 0 Å². The Kier molecular flexibility index (Phi) is 7.89. The molecule has 0 bridgehead atoms. The molecule has 0 aromatic heterocycles. The Hall–Kier alpha value is -2.29. The van der Waals surface area contributed by atoms with E-state index < -0.39 is 17.9 Å². The Morgan fingerprint density at radius 3 is 2.26 bits per heavy atom. The average Bonchev–Trinajstić information content (AvgIpc) is 2.56. The van der Waals surface area contributed by atoms with Crippen molar-refractivity contribution in [1.29, 1.82) is 0 Å². The zero-order chi connectivity index (χ0) is 17.2. The summed E-state index contributed by atoms with van der Waals surface area (Å²) < 4.78 is 14.6. The molecule has 0 N–H and O–H groups in total. The van der Waals surface area contributed by atoms with Crippen LogP contribution in [0.25, 0.3) is 6.08 Å². The molecule has 0 saturated heterocycles. The molecule has 0 unspecified atom stereocenters. The number of esters is 2. The highest BCUT2D eigenvalue weighted by Crippen LogP contribution is 2.20. The van der Waals surface area contributed by atoms with Crippen LogP contribution in [0.15, 0.2) is 29.8 Å². The summed E-state index contributed by atoms with van der Waals surface area (Å²) in [5, 5.41) is 0.574. The third-order valence-corrected chi connectivity index (χ3v) is 3.17. The van der Waals surface area contributed by atoms with Gasteiger partial charge in [-0.3, -0.25) is 9.59 Å². The van der Waals surface area contributed by atoms with E-state index in [0.29, 0.717) is 10.6 Å². The number of hydrogen-bond acceptors (Lipinski definition) is 5. The zero-order valence-corrected chi connectivity index (χ0v) is 13.6. The lowest BCUT2D eigenvalue weighted by molar-refractivity contribution is -0.157. The Morgan fingerprint density at radius 1 is 1.22 bits per heavy atom. The molecule has 122 valence electrons. The molecular weight excluding hydrogens is 320 g/mol. The van der Waals surface area contributed by atoms with E-state index in [9.17, 15) is 9.59 Å². The lowest BCUT2D eigenvalue weighted by atomic mass is 9.97. The predicted molar refractivity (Wildman–Crippen MR) is 86.6 cm³/mol. The van der Waals surface area contributed by atoms with Crippen molar-refractivity contribution in [1.82, 2.24) is 0 Å². The van der Waals surface area contributed by atoms with E-state index in [1.807, 2.05) is 0 Å². The first kappa shape index (κ1) is 18.8. The Morgan fingerprint density at radius 2 is 1.78 bits per heavy atom. The summed E-state index contributed by atoms with van der Waals surface area (Å²) in [6, 6.07) is 6.88. The Labute approximate surface area is 140 Å². The normalized spacial score (nSPS) is 11.0. The van der Waals surface area contributed by atoms with Crippen molar-refractivity contribution >= 4 is 29.6 Å². The molecule has 23 heavy (non-hydrogen) atoms. The maximum atomic E-state index is 11.9. The predicted octanol–water partition coefficient (Wildman–Crippen LogP) is 2.34. The minimum atomic E-state index is -1.22. The second kappa shape index (κ2) is 9.67. The molecular formula is C17H17ClO5. The number of ether oxygens (including phenoxy) is 3. The average molecular weight is 337 g/mol. The maximum absolute atomic E-state index is 11.9. The maximum Gasteiger partial charge on any atom is 0.324 e. The first-order chi connectivity index (χ1) is 11.0. The largest absolute Gasteiger partial charge is 0.468 e. The first-order valence-corrected chi connectivity index (χ1v) is 7.04. The van der Waals surface area contributed by atoms with Gasteiger partial charge in [-0.15, -0.1) is 6.42 Å². The van der Waals surface area contributed by atoms with Gasteiger partial charge < -0.3 is 14.2 Å². The van der Waals surface area contributed by atoms with Crippen LogP contribution >= 0.6 is 11.6 Å². The van der Waals surface area contributed by atoms with Crippen LogP contribution in [0, 0.1) is 18.3 Å². The molecule has 5 nitrogen and oxygen atoms in total. The van der Waals surface area contributed by atoms with Crippen LogP contribution in [-0.4, -0.2) is 39.4 Å². The molecule has 0 radical (unpaired) electrons. The molecule has 0 atom stereocenters. The van der Waals surface area contributed by atoms with E-state index in [1.54, 1.807) is 30.3 Å². The fourth-order valence-electron chi connectivity index (χ4n) is 1.84. The standard InChI is InChI=1S/C17H17ClO5/c1-4-9-23-11-13(10-12-5-7-14(18)8-6-12)15(16(19)21-2)17(20)22-3/h1,5-8,10,15H,9,11H2,2-3H3/b13-10-. The third kappa shape index (κ3) is 5.78. The van der Waals surface area contributed by atoms with E-state index in [2.05, 4.69) is 15.4 Å². The molecule has 0 spiro atoms. The number of hydrogen-bond donors (Lipinski definition) is 0. The van der Waals surface area contributed by atoms with Gasteiger partial charge in [0.05, 0.1) is 20.8 Å². The first-order valence-electron chi connectivity index (χ1n) is 6.66. The second-order valence-electron chi connectivity index (χ2n) is 4.45. The van der Waals surface area contributed by atoms with Crippen molar-refractivity contribution in [2.24, 2.45) is 5.92 Å². The van der Waals surface area contributed by atoms with Gasteiger partial charge in [-0.1, -0.05) is 35.7 Å². The summed E-state index contributed by atoms with van der Waals surface area (Å²) >= 11 is 5.84. The SMILES string of the molecule is C#CCOC/C(=C/c1ccc(Cl)cc1)C(C(=O)OC)C(=O)OC. The molecule has 0 saturated carbocycles. The van der Waals surface area contributed by atoms with Crippen molar-refractivity contribution in [3.8, 4) is 12.3 Å². The molecule has 0 heterocycles. The fourth-order valence-corrected chi connectivity index (χ4v) is 1.97. The molecule has 6 heteroatoms. The topological polar surface area (TPSA) is 61.8 Å². The lowest BCUT2D eigenvalue weighted by Gasteiger charge is -2.16. The van der Waals surface area contributed by atoms with Crippen LogP contribution in [-0.2, 0) is 23.8 Å². The van der Waals surface area contributed by atoms with Gasteiger partial charge in [-0.2, -0.15) is 0 Å². The van der Waals surface area contributed by atoms with Gasteiger partial charge in [0.25, 0.3) is 0 Å². The van der Waals surface area contributed by atoms with Gasteiger partial charge in [0.1, 0.15) is 6.61 Å². The third-order valence-electron chi connectivity index (χ3n) is 2.92. The van der Waals surface area contributed by atoms with Gasteiger partial charge in [-0.05, 0) is 23.3 Å². The summed E-state index contributed by atoms with van der Waals surface area (Å²) in [6.45, 7) is 0.0364. The smallest absolute Gasteiger partial charge is 0.324 e. The Balaban J connectivity index is 3.19.